The summed E-state index contributed by atoms with van der Waals surface area (Å²) in [6.45, 7) is 4.80. The topological polar surface area (TPSA) is 50.8 Å². The number of nitrogens with one attached hydrogen (secondary N) is 1. The van der Waals surface area contributed by atoms with Crippen LogP contribution < -0.4 is 10.1 Å². The molecule has 3 aromatic carbocycles. The van der Waals surface area contributed by atoms with E-state index in [0.717, 1.165) is 53.7 Å². The van der Waals surface area contributed by atoms with Crippen molar-refractivity contribution < 1.29 is 14.3 Å². The number of amides is 1. The van der Waals surface area contributed by atoms with E-state index in [4.69, 9.17) is 9.47 Å². The van der Waals surface area contributed by atoms with Gasteiger partial charge in [-0.15, -0.1) is 0 Å². The van der Waals surface area contributed by atoms with Crippen LogP contribution in [0.3, 0.4) is 0 Å². The molecule has 0 atom stereocenters. The van der Waals surface area contributed by atoms with Crippen LogP contribution in [0.5, 0.6) is 5.75 Å². The molecule has 1 heterocycles. The number of morpholine rings is 1. The largest absolute Gasteiger partial charge is 0.490 e. The van der Waals surface area contributed by atoms with Crippen LogP contribution in [0.25, 0.3) is 10.8 Å². The minimum absolute atomic E-state index is 0.0671. The lowest BCUT2D eigenvalue weighted by atomic mass is 10.0. The van der Waals surface area contributed by atoms with Crippen LogP contribution in [0, 0.1) is 0 Å². The number of ether oxygens (including phenoxy) is 2. The van der Waals surface area contributed by atoms with Gasteiger partial charge in [-0.2, -0.15) is 0 Å². The lowest BCUT2D eigenvalue weighted by molar-refractivity contribution is -0.115. The number of hydrogen-bond acceptors (Lipinski definition) is 4. The normalized spacial score (nSPS) is 14.6. The van der Waals surface area contributed by atoms with Crippen molar-refractivity contribution in [2.45, 2.75) is 6.42 Å². The number of carbonyl (C=O) groups is 1. The molecule has 6 heteroatoms. The molecule has 1 N–H and O–H groups in total. The number of halogens is 1. The van der Waals surface area contributed by atoms with Crippen LogP contribution in [-0.4, -0.2) is 50.3 Å². The van der Waals surface area contributed by atoms with E-state index in [2.05, 4.69) is 44.3 Å². The second-order valence-electron chi connectivity index (χ2n) is 7.31. The molecule has 1 aliphatic rings. The van der Waals surface area contributed by atoms with E-state index in [9.17, 15) is 4.79 Å². The molecule has 5 nitrogen and oxygen atoms in total. The first-order valence-electron chi connectivity index (χ1n) is 10.2. The molecule has 1 amide bonds. The summed E-state index contributed by atoms with van der Waals surface area (Å²) in [4.78, 5) is 15.1. The highest BCUT2D eigenvalue weighted by molar-refractivity contribution is 9.10. The van der Waals surface area contributed by atoms with Crippen LogP contribution in [0.4, 0.5) is 5.69 Å². The quantitative estimate of drug-likeness (QED) is 0.554. The third-order valence-corrected chi connectivity index (χ3v) is 5.71. The van der Waals surface area contributed by atoms with E-state index in [1.54, 1.807) is 0 Å². The second-order valence-corrected chi connectivity index (χ2v) is 8.22. The molecule has 0 spiro atoms. The lowest BCUT2D eigenvalue weighted by Gasteiger charge is -2.26. The van der Waals surface area contributed by atoms with E-state index in [-0.39, 0.29) is 5.91 Å². The molecule has 1 aliphatic heterocycles. The fourth-order valence-corrected chi connectivity index (χ4v) is 4.01. The molecule has 0 saturated carbocycles. The minimum atomic E-state index is -0.0671. The standard InChI is InChI=1S/C24H25BrN2O3/c25-20-8-9-23(30-15-12-27-10-13-29-14-11-27)22(17-20)26-24(28)16-19-6-3-5-18-4-1-2-7-21(18)19/h1-9,17H,10-16H2,(H,26,28). The maximum absolute atomic E-state index is 12.8. The molecule has 0 aliphatic carbocycles. The van der Waals surface area contributed by atoms with Crippen molar-refractivity contribution in [1.29, 1.82) is 0 Å². The summed E-state index contributed by atoms with van der Waals surface area (Å²) in [5.74, 6) is 0.611. The first-order valence-corrected chi connectivity index (χ1v) is 11.0. The van der Waals surface area contributed by atoms with E-state index in [1.807, 2.05) is 42.5 Å². The zero-order valence-electron chi connectivity index (χ0n) is 16.8. The average molecular weight is 469 g/mol. The summed E-state index contributed by atoms with van der Waals surface area (Å²) in [5.41, 5.74) is 1.69. The number of anilines is 1. The predicted molar refractivity (Wildman–Crippen MR) is 123 cm³/mol. The fourth-order valence-electron chi connectivity index (χ4n) is 3.65. The maximum Gasteiger partial charge on any atom is 0.228 e. The summed E-state index contributed by atoms with van der Waals surface area (Å²) in [6.07, 6.45) is 0.307. The Kier molecular flexibility index (Phi) is 7.00. The Morgan fingerprint density at radius 3 is 2.73 bits per heavy atom. The number of fused-ring (bicyclic) bond motifs is 1. The van der Waals surface area contributed by atoms with Crippen LogP contribution in [-0.2, 0) is 16.0 Å². The molecule has 3 aromatic rings. The first-order chi connectivity index (χ1) is 14.7. The molecule has 4 rings (SSSR count). The van der Waals surface area contributed by atoms with Gasteiger partial charge in [0.1, 0.15) is 12.4 Å². The third-order valence-electron chi connectivity index (χ3n) is 5.22. The molecular weight excluding hydrogens is 444 g/mol. The van der Waals surface area contributed by atoms with Gasteiger partial charge in [-0.1, -0.05) is 58.4 Å². The van der Waals surface area contributed by atoms with Crippen LogP contribution >= 0.6 is 15.9 Å². The Bertz CT molecular complexity index is 1010. The monoisotopic (exact) mass is 468 g/mol. The van der Waals surface area contributed by atoms with E-state index >= 15 is 0 Å². The van der Waals surface area contributed by atoms with Crippen molar-refractivity contribution in [3.63, 3.8) is 0 Å². The van der Waals surface area contributed by atoms with Gasteiger partial charge in [-0.3, -0.25) is 9.69 Å². The first kappa shape index (κ1) is 20.8. The van der Waals surface area contributed by atoms with Crippen LogP contribution in [0.1, 0.15) is 5.56 Å². The van der Waals surface area contributed by atoms with Crippen LogP contribution in [0.15, 0.2) is 65.1 Å². The van der Waals surface area contributed by atoms with Gasteiger partial charge in [0.15, 0.2) is 0 Å². The lowest BCUT2D eigenvalue weighted by Crippen LogP contribution is -2.38. The van der Waals surface area contributed by atoms with Gasteiger partial charge in [0, 0.05) is 24.1 Å². The highest BCUT2D eigenvalue weighted by Gasteiger charge is 2.13. The molecule has 1 saturated heterocycles. The zero-order chi connectivity index (χ0) is 20.8. The van der Waals surface area contributed by atoms with Gasteiger partial charge in [0.2, 0.25) is 5.91 Å². The Labute approximate surface area is 185 Å². The third kappa shape index (κ3) is 5.39. The maximum atomic E-state index is 12.8. The van der Waals surface area contributed by atoms with Gasteiger partial charge in [-0.25, -0.2) is 0 Å². The number of nitrogens with zero attached hydrogens (tertiary/aromatic N) is 1. The molecule has 156 valence electrons. The van der Waals surface area contributed by atoms with Gasteiger partial charge < -0.3 is 14.8 Å². The summed E-state index contributed by atoms with van der Waals surface area (Å²) >= 11 is 3.49. The summed E-state index contributed by atoms with van der Waals surface area (Å²) in [5, 5.41) is 5.27. The minimum Gasteiger partial charge on any atom is -0.490 e. The Hall–Kier alpha value is -2.41. The average Bonchev–Trinajstić information content (AvgIpc) is 2.76. The van der Waals surface area contributed by atoms with Gasteiger partial charge in [0.05, 0.1) is 25.3 Å². The fraction of sp³-hybridized carbons (Fsp3) is 0.292. The predicted octanol–water partition coefficient (Wildman–Crippen LogP) is 4.49. The summed E-state index contributed by atoms with van der Waals surface area (Å²) < 4.78 is 12.3. The SMILES string of the molecule is O=C(Cc1cccc2ccccc12)Nc1cc(Br)ccc1OCCN1CCOCC1. The number of benzene rings is 3. The van der Waals surface area contributed by atoms with Crippen molar-refractivity contribution in [3.8, 4) is 5.75 Å². The molecular formula is C24H25BrN2O3. The van der Waals surface area contributed by atoms with Crippen molar-refractivity contribution in [3.05, 3.63) is 70.7 Å². The van der Waals surface area contributed by atoms with Crippen molar-refractivity contribution in [1.82, 2.24) is 4.90 Å². The highest BCUT2D eigenvalue weighted by Crippen LogP contribution is 2.29. The number of hydrogen-bond donors (Lipinski definition) is 1. The Morgan fingerprint density at radius 1 is 1.07 bits per heavy atom. The van der Waals surface area contributed by atoms with Crippen molar-refractivity contribution in [2.24, 2.45) is 0 Å². The smallest absolute Gasteiger partial charge is 0.228 e. The van der Waals surface area contributed by atoms with Crippen molar-refractivity contribution >= 4 is 38.3 Å². The number of carbonyl (C=O) groups excluding carboxylic acids is 1. The Morgan fingerprint density at radius 2 is 1.87 bits per heavy atom. The highest BCUT2D eigenvalue weighted by atomic mass is 79.9. The summed E-state index contributed by atoms with van der Waals surface area (Å²) in [6, 6.07) is 19.9. The van der Waals surface area contributed by atoms with E-state index < -0.39 is 0 Å². The molecule has 0 radical (unpaired) electrons. The number of rotatable bonds is 7. The van der Waals surface area contributed by atoms with Crippen LogP contribution in [0.2, 0.25) is 0 Å². The molecule has 0 bridgehead atoms. The van der Waals surface area contributed by atoms with E-state index in [0.29, 0.717) is 24.5 Å². The second kappa shape index (κ2) is 10.1. The van der Waals surface area contributed by atoms with E-state index in [1.165, 1.54) is 0 Å². The van der Waals surface area contributed by atoms with Gasteiger partial charge >= 0.3 is 0 Å². The molecule has 0 aromatic heterocycles. The van der Waals surface area contributed by atoms with Crippen molar-refractivity contribution in [2.75, 3.05) is 44.8 Å². The van der Waals surface area contributed by atoms with Gasteiger partial charge in [0.25, 0.3) is 0 Å². The Balaban J connectivity index is 1.41. The molecule has 0 unspecified atom stereocenters. The summed E-state index contributed by atoms with van der Waals surface area (Å²) in [7, 11) is 0. The van der Waals surface area contributed by atoms with Gasteiger partial charge in [-0.05, 0) is 34.5 Å². The molecule has 30 heavy (non-hydrogen) atoms. The molecule has 1 fully saturated rings. The zero-order valence-corrected chi connectivity index (χ0v) is 18.4.